The van der Waals surface area contributed by atoms with Crippen LogP contribution in [0.4, 0.5) is 4.39 Å². The molecule has 1 aromatic rings. The summed E-state index contributed by atoms with van der Waals surface area (Å²) in [6, 6.07) is 4.66. The maximum absolute atomic E-state index is 13.4. The Labute approximate surface area is 113 Å². The Morgan fingerprint density at radius 2 is 2.00 bits per heavy atom. The normalized spacial score (nSPS) is 26.0. The monoisotopic (exact) mass is 270 g/mol. The van der Waals surface area contributed by atoms with E-state index >= 15 is 0 Å². The molecule has 1 N–H and O–H groups in total. The van der Waals surface area contributed by atoms with Crippen molar-refractivity contribution in [1.29, 1.82) is 0 Å². The first-order valence-corrected chi connectivity index (χ1v) is 7.13. The van der Waals surface area contributed by atoms with Crippen molar-refractivity contribution in [3.05, 3.63) is 34.6 Å². The van der Waals surface area contributed by atoms with Crippen LogP contribution in [0.5, 0.6) is 0 Å². The molecule has 0 bridgehead atoms. The minimum Gasteiger partial charge on any atom is -0.388 e. The summed E-state index contributed by atoms with van der Waals surface area (Å²) in [7, 11) is 0. The zero-order valence-corrected chi connectivity index (χ0v) is 11.5. The Hall–Kier alpha value is -0.600. The topological polar surface area (TPSA) is 20.2 Å². The highest BCUT2D eigenvalue weighted by molar-refractivity contribution is 6.31. The number of hydrogen-bond acceptors (Lipinski definition) is 1. The van der Waals surface area contributed by atoms with Crippen LogP contribution in [0.1, 0.15) is 50.7 Å². The Morgan fingerprint density at radius 3 is 2.61 bits per heavy atom. The predicted octanol–water partition coefficient (Wildman–Crippen LogP) is 4.73. The lowest BCUT2D eigenvalue weighted by atomic mass is 9.77. The van der Waals surface area contributed by atoms with Gasteiger partial charge in [-0.25, -0.2) is 4.39 Å². The molecule has 0 heterocycles. The Balaban J connectivity index is 2.08. The number of benzene rings is 1. The fourth-order valence-electron chi connectivity index (χ4n) is 2.92. The van der Waals surface area contributed by atoms with Crippen molar-refractivity contribution in [2.75, 3.05) is 0 Å². The van der Waals surface area contributed by atoms with E-state index in [1.807, 2.05) is 0 Å². The molecule has 1 atom stereocenters. The Morgan fingerprint density at radius 1 is 1.33 bits per heavy atom. The summed E-state index contributed by atoms with van der Waals surface area (Å²) >= 11 is 5.93. The lowest BCUT2D eigenvalue weighted by Crippen LogP contribution is -2.20. The molecule has 100 valence electrons. The molecule has 1 aliphatic carbocycles. The van der Waals surface area contributed by atoms with Crippen molar-refractivity contribution < 1.29 is 9.50 Å². The van der Waals surface area contributed by atoms with Crippen LogP contribution < -0.4 is 0 Å². The van der Waals surface area contributed by atoms with E-state index in [0.29, 0.717) is 5.56 Å². The van der Waals surface area contributed by atoms with Crippen molar-refractivity contribution in [2.45, 2.75) is 45.1 Å². The van der Waals surface area contributed by atoms with Crippen molar-refractivity contribution in [1.82, 2.24) is 0 Å². The number of halogens is 2. The molecular formula is C15H20ClFO. The molecule has 0 radical (unpaired) electrons. The van der Waals surface area contributed by atoms with Crippen molar-refractivity contribution >= 4 is 11.6 Å². The van der Waals surface area contributed by atoms with Gasteiger partial charge in [0.15, 0.2) is 0 Å². The molecule has 1 aliphatic rings. The van der Waals surface area contributed by atoms with E-state index < -0.39 is 11.9 Å². The summed E-state index contributed by atoms with van der Waals surface area (Å²) in [5, 5.41) is 10.4. The van der Waals surface area contributed by atoms with Crippen LogP contribution in [-0.2, 0) is 0 Å². The van der Waals surface area contributed by atoms with E-state index in [2.05, 4.69) is 6.92 Å². The summed E-state index contributed by atoms with van der Waals surface area (Å²) < 4.78 is 13.4. The predicted molar refractivity (Wildman–Crippen MR) is 72.1 cm³/mol. The zero-order valence-electron chi connectivity index (χ0n) is 10.7. The van der Waals surface area contributed by atoms with Gasteiger partial charge in [0.05, 0.1) is 11.1 Å². The molecule has 0 amide bonds. The molecule has 0 aromatic heterocycles. The first-order chi connectivity index (χ1) is 8.63. The van der Waals surface area contributed by atoms with Gasteiger partial charge >= 0.3 is 0 Å². The molecule has 3 heteroatoms. The van der Waals surface area contributed by atoms with Gasteiger partial charge in [0.1, 0.15) is 5.82 Å². The molecule has 1 fully saturated rings. The largest absolute Gasteiger partial charge is 0.388 e. The van der Waals surface area contributed by atoms with E-state index in [1.54, 1.807) is 12.1 Å². The van der Waals surface area contributed by atoms with Crippen molar-refractivity contribution in [3.63, 3.8) is 0 Å². The summed E-state index contributed by atoms with van der Waals surface area (Å²) in [5.74, 6) is 0.555. The molecule has 0 saturated heterocycles. The second kappa shape index (κ2) is 6.03. The van der Waals surface area contributed by atoms with E-state index in [4.69, 9.17) is 11.6 Å². The Bertz CT molecular complexity index is 399. The molecular weight excluding hydrogens is 251 g/mol. The lowest BCUT2D eigenvalue weighted by molar-refractivity contribution is 0.0728. The van der Waals surface area contributed by atoms with Gasteiger partial charge in [0, 0.05) is 5.56 Å². The number of rotatable bonds is 3. The van der Waals surface area contributed by atoms with Crippen molar-refractivity contribution in [3.8, 4) is 0 Å². The third kappa shape index (κ3) is 2.86. The van der Waals surface area contributed by atoms with Crippen LogP contribution in [0.25, 0.3) is 0 Å². The van der Waals surface area contributed by atoms with Crippen LogP contribution in [0, 0.1) is 17.7 Å². The highest BCUT2D eigenvalue weighted by atomic mass is 35.5. The van der Waals surface area contributed by atoms with Gasteiger partial charge in [0.25, 0.3) is 0 Å². The first kappa shape index (κ1) is 13.8. The Kier molecular flexibility index (Phi) is 4.63. The average molecular weight is 271 g/mol. The minimum absolute atomic E-state index is 0.0719. The summed E-state index contributed by atoms with van der Waals surface area (Å²) in [4.78, 5) is 0. The molecule has 1 aromatic carbocycles. The maximum atomic E-state index is 13.4. The second-order valence-electron chi connectivity index (χ2n) is 5.28. The van der Waals surface area contributed by atoms with Gasteiger partial charge in [-0.15, -0.1) is 0 Å². The number of aliphatic hydroxyl groups is 1. The standard InChI is InChI=1S/C15H20ClFO/c1-2-10-6-8-11(9-7-10)15(18)12-4-3-5-13(17)14(12)16/h3-5,10-11,15,18H,2,6-9H2,1H3. The van der Waals surface area contributed by atoms with Gasteiger partial charge in [-0.1, -0.05) is 49.9 Å². The summed E-state index contributed by atoms with van der Waals surface area (Å²) in [6.45, 7) is 2.21. The third-order valence-corrected chi connectivity index (χ3v) is 4.61. The number of hydrogen-bond donors (Lipinski definition) is 1. The highest BCUT2D eigenvalue weighted by Gasteiger charge is 2.28. The number of aliphatic hydroxyl groups excluding tert-OH is 1. The van der Waals surface area contributed by atoms with Crippen LogP contribution in [-0.4, -0.2) is 5.11 Å². The lowest BCUT2D eigenvalue weighted by Gasteiger charge is -2.31. The van der Waals surface area contributed by atoms with Gasteiger partial charge in [-0.2, -0.15) is 0 Å². The van der Waals surface area contributed by atoms with Gasteiger partial charge in [-0.05, 0) is 30.7 Å². The van der Waals surface area contributed by atoms with Crippen LogP contribution >= 0.6 is 11.6 Å². The third-order valence-electron chi connectivity index (χ3n) is 4.22. The minimum atomic E-state index is -0.633. The first-order valence-electron chi connectivity index (χ1n) is 6.75. The molecule has 0 spiro atoms. The van der Waals surface area contributed by atoms with E-state index in [-0.39, 0.29) is 10.9 Å². The zero-order chi connectivity index (χ0) is 13.1. The van der Waals surface area contributed by atoms with E-state index in [1.165, 1.54) is 12.5 Å². The molecule has 1 nitrogen and oxygen atoms in total. The van der Waals surface area contributed by atoms with Gasteiger partial charge in [0.2, 0.25) is 0 Å². The molecule has 18 heavy (non-hydrogen) atoms. The fraction of sp³-hybridized carbons (Fsp3) is 0.600. The van der Waals surface area contributed by atoms with Crippen molar-refractivity contribution in [2.24, 2.45) is 11.8 Å². The maximum Gasteiger partial charge on any atom is 0.142 e. The fourth-order valence-corrected chi connectivity index (χ4v) is 3.15. The molecule has 0 aliphatic heterocycles. The smallest absolute Gasteiger partial charge is 0.142 e. The molecule has 1 saturated carbocycles. The van der Waals surface area contributed by atoms with Crippen LogP contribution in [0.3, 0.4) is 0 Å². The van der Waals surface area contributed by atoms with E-state index in [0.717, 1.165) is 31.6 Å². The van der Waals surface area contributed by atoms with E-state index in [9.17, 15) is 9.50 Å². The average Bonchev–Trinajstić information content (AvgIpc) is 2.41. The van der Waals surface area contributed by atoms with Gasteiger partial charge < -0.3 is 5.11 Å². The van der Waals surface area contributed by atoms with Crippen LogP contribution in [0.2, 0.25) is 5.02 Å². The highest BCUT2D eigenvalue weighted by Crippen LogP contribution is 2.39. The second-order valence-corrected chi connectivity index (χ2v) is 5.65. The summed E-state index contributed by atoms with van der Waals surface area (Å²) in [6.07, 6.45) is 4.91. The molecule has 2 rings (SSSR count). The van der Waals surface area contributed by atoms with Crippen LogP contribution in [0.15, 0.2) is 18.2 Å². The van der Waals surface area contributed by atoms with Gasteiger partial charge in [-0.3, -0.25) is 0 Å². The summed E-state index contributed by atoms with van der Waals surface area (Å²) in [5.41, 5.74) is 0.539. The SMILES string of the molecule is CCC1CCC(C(O)c2cccc(F)c2Cl)CC1. The quantitative estimate of drug-likeness (QED) is 0.842. The molecule has 1 unspecified atom stereocenters.